The van der Waals surface area contributed by atoms with Crippen LogP contribution in [0.2, 0.25) is 0 Å². The Morgan fingerprint density at radius 2 is 1.59 bits per heavy atom. The minimum atomic E-state index is -4.20. The van der Waals surface area contributed by atoms with Gasteiger partial charge in [0.2, 0.25) is 0 Å². The Kier molecular flexibility index (Phi) is 8.15. The second kappa shape index (κ2) is 10.4. The summed E-state index contributed by atoms with van der Waals surface area (Å²) in [5, 5.41) is 24.2. The number of hydrogen-bond acceptors (Lipinski definition) is 5. The number of hydrogen-bond donors (Lipinski definition) is 4. The first-order chi connectivity index (χ1) is 14.9. The minimum absolute atomic E-state index is 0.0310. The predicted octanol–water partition coefficient (Wildman–Crippen LogP) is 3.14. The van der Waals surface area contributed by atoms with Crippen LogP contribution in [0.25, 0.3) is 0 Å². The zero-order valence-corrected chi connectivity index (χ0v) is 18.1. The van der Waals surface area contributed by atoms with Crippen LogP contribution in [0.4, 0.5) is 13.6 Å². The number of alkyl halides is 2. The predicted molar refractivity (Wildman–Crippen MR) is 114 cm³/mol. The molecule has 2 amide bonds. The molecule has 9 heteroatoms. The molecule has 0 saturated heterocycles. The number of ether oxygens (including phenoxy) is 1. The Morgan fingerprint density at radius 1 is 1.00 bits per heavy atom. The fourth-order valence-corrected chi connectivity index (χ4v) is 2.87. The summed E-state index contributed by atoms with van der Waals surface area (Å²) < 4.78 is 34.8. The van der Waals surface area contributed by atoms with Crippen LogP contribution in [0.1, 0.15) is 31.9 Å². The summed E-state index contributed by atoms with van der Waals surface area (Å²) in [6.45, 7) is 4.65. The van der Waals surface area contributed by atoms with Crippen molar-refractivity contribution in [3.05, 3.63) is 65.7 Å². The molecule has 0 aliphatic heterocycles. The Labute approximate surface area is 185 Å². The molecule has 7 nitrogen and oxygen atoms in total. The van der Waals surface area contributed by atoms with E-state index < -0.39 is 35.7 Å². The van der Waals surface area contributed by atoms with E-state index in [4.69, 9.17) is 4.74 Å². The molecular weight excluding hydrogens is 422 g/mol. The van der Waals surface area contributed by atoms with Crippen molar-refractivity contribution in [2.24, 2.45) is 0 Å². The molecule has 0 heterocycles. The van der Waals surface area contributed by atoms with Gasteiger partial charge in [0.05, 0.1) is 6.04 Å². The van der Waals surface area contributed by atoms with Gasteiger partial charge in [-0.15, -0.1) is 0 Å². The molecule has 174 valence electrons. The zero-order chi connectivity index (χ0) is 23.9. The van der Waals surface area contributed by atoms with Crippen LogP contribution in [-0.2, 0) is 22.5 Å². The molecule has 32 heavy (non-hydrogen) atoms. The van der Waals surface area contributed by atoms with Gasteiger partial charge in [-0.25, -0.2) is 4.79 Å². The summed E-state index contributed by atoms with van der Waals surface area (Å²) >= 11 is 0. The van der Waals surface area contributed by atoms with E-state index in [-0.39, 0.29) is 18.7 Å². The van der Waals surface area contributed by atoms with Crippen molar-refractivity contribution in [3.8, 4) is 5.75 Å². The summed E-state index contributed by atoms with van der Waals surface area (Å²) in [6, 6.07) is 12.5. The van der Waals surface area contributed by atoms with Crippen molar-refractivity contribution in [3.63, 3.8) is 0 Å². The first kappa shape index (κ1) is 25.1. The van der Waals surface area contributed by atoms with Crippen molar-refractivity contribution in [2.45, 2.75) is 57.4 Å². The lowest BCUT2D eigenvalue weighted by Crippen LogP contribution is -2.58. The molecule has 2 aromatic carbocycles. The third kappa shape index (κ3) is 7.49. The SMILES string of the molecule is CC(C)(C)OC(=O)NC(Cc1ccc(O)cc1)C(O)C(F)(F)C(=O)NCc1ccccc1. The summed E-state index contributed by atoms with van der Waals surface area (Å²) in [7, 11) is 0. The summed E-state index contributed by atoms with van der Waals surface area (Å²) in [5.41, 5.74) is 0.162. The van der Waals surface area contributed by atoms with E-state index in [2.05, 4.69) is 10.6 Å². The largest absolute Gasteiger partial charge is 0.508 e. The van der Waals surface area contributed by atoms with E-state index in [0.717, 1.165) is 0 Å². The molecule has 0 saturated carbocycles. The van der Waals surface area contributed by atoms with Gasteiger partial charge in [-0.3, -0.25) is 4.79 Å². The van der Waals surface area contributed by atoms with E-state index in [9.17, 15) is 28.6 Å². The first-order valence-corrected chi connectivity index (χ1v) is 10.0. The number of phenolic OH excluding ortho intramolecular Hbond substituents is 1. The first-order valence-electron chi connectivity index (χ1n) is 10.0. The van der Waals surface area contributed by atoms with Gasteiger partial charge >= 0.3 is 12.0 Å². The number of carbonyl (C=O) groups excluding carboxylic acids is 2. The number of aromatic hydroxyl groups is 1. The van der Waals surface area contributed by atoms with Gasteiger partial charge in [0.15, 0.2) is 0 Å². The van der Waals surface area contributed by atoms with Crippen LogP contribution in [-0.4, -0.2) is 45.9 Å². The number of carbonyl (C=O) groups is 2. The average Bonchev–Trinajstić information content (AvgIpc) is 2.71. The average molecular weight is 450 g/mol. The molecule has 2 atom stereocenters. The van der Waals surface area contributed by atoms with Crippen molar-refractivity contribution < 1.29 is 33.3 Å². The van der Waals surface area contributed by atoms with Gasteiger partial charge in [0.25, 0.3) is 5.91 Å². The Hall–Kier alpha value is -3.20. The van der Waals surface area contributed by atoms with E-state index in [1.54, 1.807) is 51.1 Å². The Bertz CT molecular complexity index is 899. The quantitative estimate of drug-likeness (QED) is 0.494. The number of aliphatic hydroxyl groups excluding tert-OH is 1. The molecule has 0 bridgehead atoms. The van der Waals surface area contributed by atoms with Gasteiger partial charge in [0.1, 0.15) is 17.5 Å². The van der Waals surface area contributed by atoms with E-state index >= 15 is 0 Å². The summed E-state index contributed by atoms with van der Waals surface area (Å²) in [4.78, 5) is 24.4. The number of phenols is 1. The molecular formula is C23H28F2N2O5. The van der Waals surface area contributed by atoms with Crippen LogP contribution in [0.3, 0.4) is 0 Å². The third-order valence-electron chi connectivity index (χ3n) is 4.45. The number of alkyl carbamates (subject to hydrolysis) is 1. The monoisotopic (exact) mass is 450 g/mol. The van der Waals surface area contributed by atoms with Gasteiger partial charge in [-0.05, 0) is 50.5 Å². The Morgan fingerprint density at radius 3 is 2.16 bits per heavy atom. The molecule has 0 spiro atoms. The molecule has 2 unspecified atom stereocenters. The molecule has 0 fully saturated rings. The van der Waals surface area contributed by atoms with Crippen molar-refractivity contribution in [2.75, 3.05) is 0 Å². The van der Waals surface area contributed by atoms with Crippen LogP contribution in [0.15, 0.2) is 54.6 Å². The highest BCUT2D eigenvalue weighted by molar-refractivity contribution is 5.84. The molecule has 0 aliphatic carbocycles. The lowest BCUT2D eigenvalue weighted by Gasteiger charge is -2.30. The van der Waals surface area contributed by atoms with Gasteiger partial charge in [0, 0.05) is 6.54 Å². The highest BCUT2D eigenvalue weighted by Crippen LogP contribution is 2.25. The van der Waals surface area contributed by atoms with Gasteiger partial charge < -0.3 is 25.6 Å². The smallest absolute Gasteiger partial charge is 0.407 e. The second-order valence-corrected chi connectivity index (χ2v) is 8.36. The van der Waals surface area contributed by atoms with Crippen molar-refractivity contribution in [1.29, 1.82) is 0 Å². The number of amides is 2. The molecule has 0 aliphatic rings. The third-order valence-corrected chi connectivity index (χ3v) is 4.45. The van der Waals surface area contributed by atoms with Crippen LogP contribution in [0, 0.1) is 0 Å². The van der Waals surface area contributed by atoms with E-state index in [1.807, 2.05) is 0 Å². The van der Waals surface area contributed by atoms with Crippen LogP contribution in [0.5, 0.6) is 5.75 Å². The second-order valence-electron chi connectivity index (χ2n) is 8.36. The van der Waals surface area contributed by atoms with Gasteiger partial charge in [-0.1, -0.05) is 42.5 Å². The fraction of sp³-hybridized carbons (Fsp3) is 0.391. The zero-order valence-electron chi connectivity index (χ0n) is 18.1. The maximum absolute atomic E-state index is 14.8. The van der Waals surface area contributed by atoms with Crippen LogP contribution >= 0.6 is 0 Å². The minimum Gasteiger partial charge on any atom is -0.508 e. The molecule has 2 rings (SSSR count). The highest BCUT2D eigenvalue weighted by Gasteiger charge is 2.50. The standard InChI is InChI=1S/C23H28F2N2O5/c1-22(2,3)32-21(31)27-18(13-15-9-11-17(28)12-10-15)19(29)23(24,25)20(30)26-14-16-7-5-4-6-8-16/h4-12,18-19,28-29H,13-14H2,1-3H3,(H,26,30)(H,27,31). The number of benzene rings is 2. The van der Waals surface area contributed by atoms with E-state index in [1.165, 1.54) is 24.3 Å². The lowest BCUT2D eigenvalue weighted by atomic mass is 9.96. The summed E-state index contributed by atoms with van der Waals surface area (Å²) in [5.74, 6) is -5.90. The molecule has 2 aromatic rings. The Balaban J connectivity index is 2.17. The molecule has 4 N–H and O–H groups in total. The van der Waals surface area contributed by atoms with Gasteiger partial charge in [-0.2, -0.15) is 8.78 Å². The summed E-state index contributed by atoms with van der Waals surface area (Å²) in [6.07, 6.45) is -3.79. The highest BCUT2D eigenvalue weighted by atomic mass is 19.3. The molecule has 0 radical (unpaired) electrons. The topological polar surface area (TPSA) is 108 Å². The molecule has 0 aromatic heterocycles. The maximum atomic E-state index is 14.8. The normalized spacial score (nSPS) is 13.7. The van der Waals surface area contributed by atoms with Crippen LogP contribution < -0.4 is 10.6 Å². The number of rotatable bonds is 8. The maximum Gasteiger partial charge on any atom is 0.407 e. The van der Waals surface area contributed by atoms with Crippen molar-refractivity contribution >= 4 is 12.0 Å². The van der Waals surface area contributed by atoms with E-state index in [0.29, 0.717) is 11.1 Å². The number of nitrogens with one attached hydrogen (secondary N) is 2. The lowest BCUT2D eigenvalue weighted by molar-refractivity contribution is -0.167. The van der Waals surface area contributed by atoms with Crippen molar-refractivity contribution in [1.82, 2.24) is 10.6 Å². The fourth-order valence-electron chi connectivity index (χ4n) is 2.87. The number of aliphatic hydroxyl groups is 1. The number of halogens is 2.